The molecule has 0 radical (unpaired) electrons. The number of carbonyl (C=O) groups is 2. The van der Waals surface area contributed by atoms with E-state index >= 15 is 0 Å². The molecular formula is C12H14N2O4. The van der Waals surface area contributed by atoms with Gasteiger partial charge in [0.05, 0.1) is 12.2 Å². The molecule has 1 heterocycles. The summed E-state index contributed by atoms with van der Waals surface area (Å²) in [4.78, 5) is 24.3. The molecule has 1 aliphatic heterocycles. The average Bonchev–Trinajstić information content (AvgIpc) is 2.31. The summed E-state index contributed by atoms with van der Waals surface area (Å²) in [5.74, 6) is -1.22. The summed E-state index contributed by atoms with van der Waals surface area (Å²) < 4.78 is 5.02. The van der Waals surface area contributed by atoms with Crippen LogP contribution in [0.15, 0.2) is 18.2 Å². The summed E-state index contributed by atoms with van der Waals surface area (Å²) in [6, 6.07) is 4.89. The van der Waals surface area contributed by atoms with Gasteiger partial charge in [-0.2, -0.15) is 0 Å². The van der Waals surface area contributed by atoms with E-state index in [1.807, 2.05) is 0 Å². The Morgan fingerprint density at radius 2 is 2.28 bits per heavy atom. The number of ether oxygens (including phenoxy) is 1. The Hall–Kier alpha value is -2.08. The number of nitrogens with zero attached hydrogens (tertiary/aromatic N) is 1. The number of morpholine rings is 1. The number of hydrogen-bond acceptors (Lipinski definition) is 4. The topological polar surface area (TPSA) is 92.9 Å². The van der Waals surface area contributed by atoms with Crippen LogP contribution in [0.2, 0.25) is 0 Å². The molecule has 0 atom stereocenters. The number of nitrogen functional groups attached to an aromatic ring is 1. The Morgan fingerprint density at radius 3 is 2.94 bits per heavy atom. The number of carboxylic acid groups (broad SMARTS) is 1. The maximum absolute atomic E-state index is 11.6. The predicted molar refractivity (Wildman–Crippen MR) is 64.0 cm³/mol. The second kappa shape index (κ2) is 5.05. The van der Waals surface area contributed by atoms with Crippen molar-refractivity contribution in [1.29, 1.82) is 0 Å². The number of anilines is 1. The lowest BCUT2D eigenvalue weighted by molar-refractivity contribution is -0.143. The maximum atomic E-state index is 11.6. The van der Waals surface area contributed by atoms with Gasteiger partial charge in [0.2, 0.25) is 5.91 Å². The van der Waals surface area contributed by atoms with E-state index < -0.39 is 5.97 Å². The summed E-state index contributed by atoms with van der Waals surface area (Å²) in [5, 5.41) is 9.13. The molecule has 0 spiro atoms. The Morgan fingerprint density at radius 1 is 1.50 bits per heavy atom. The van der Waals surface area contributed by atoms with Crippen LogP contribution in [0.4, 0.5) is 5.69 Å². The fourth-order valence-electron chi connectivity index (χ4n) is 1.94. The molecule has 1 aliphatic rings. The van der Waals surface area contributed by atoms with E-state index in [0.29, 0.717) is 18.7 Å². The first-order valence-electron chi connectivity index (χ1n) is 5.56. The van der Waals surface area contributed by atoms with E-state index in [-0.39, 0.29) is 30.3 Å². The van der Waals surface area contributed by atoms with Crippen molar-refractivity contribution in [2.24, 2.45) is 0 Å². The van der Waals surface area contributed by atoms with Crippen LogP contribution in [0, 0.1) is 0 Å². The van der Waals surface area contributed by atoms with Crippen LogP contribution >= 0.6 is 0 Å². The largest absolute Gasteiger partial charge is 0.478 e. The van der Waals surface area contributed by atoms with Crippen molar-refractivity contribution in [1.82, 2.24) is 4.90 Å². The molecule has 0 aliphatic carbocycles. The zero-order chi connectivity index (χ0) is 13.1. The predicted octanol–water partition coefficient (Wildman–Crippen LogP) is 0.326. The Labute approximate surface area is 104 Å². The monoisotopic (exact) mass is 250 g/mol. The lowest BCUT2D eigenvalue weighted by Crippen LogP contribution is -2.41. The molecule has 0 unspecified atom stereocenters. The minimum atomic E-state index is -1.08. The number of benzene rings is 1. The van der Waals surface area contributed by atoms with Crippen molar-refractivity contribution in [2.45, 2.75) is 6.54 Å². The van der Waals surface area contributed by atoms with Gasteiger partial charge in [0.25, 0.3) is 0 Å². The number of rotatable bonds is 3. The van der Waals surface area contributed by atoms with Gasteiger partial charge in [0, 0.05) is 18.8 Å². The van der Waals surface area contributed by atoms with Crippen LogP contribution < -0.4 is 5.73 Å². The number of nitrogens with two attached hydrogens (primary N) is 1. The highest BCUT2D eigenvalue weighted by Gasteiger charge is 2.21. The van der Waals surface area contributed by atoms with E-state index in [1.165, 1.54) is 6.07 Å². The highest BCUT2D eigenvalue weighted by molar-refractivity contribution is 5.95. The van der Waals surface area contributed by atoms with Crippen LogP contribution in [0.5, 0.6) is 0 Å². The van der Waals surface area contributed by atoms with E-state index in [4.69, 9.17) is 15.6 Å². The van der Waals surface area contributed by atoms with Gasteiger partial charge < -0.3 is 20.5 Å². The van der Waals surface area contributed by atoms with E-state index in [1.54, 1.807) is 17.0 Å². The first-order chi connectivity index (χ1) is 8.59. The molecule has 1 amide bonds. The molecule has 1 saturated heterocycles. The zero-order valence-electron chi connectivity index (χ0n) is 9.76. The van der Waals surface area contributed by atoms with Gasteiger partial charge in [0.1, 0.15) is 6.61 Å². The lowest BCUT2D eigenvalue weighted by Gasteiger charge is -2.27. The molecule has 96 valence electrons. The smallest absolute Gasteiger partial charge is 0.338 e. The van der Waals surface area contributed by atoms with Crippen LogP contribution in [0.1, 0.15) is 15.9 Å². The standard InChI is InChI=1S/C12H14N2O4/c13-9-3-1-2-8(11(9)12(16)17)6-14-4-5-18-7-10(14)15/h1-3H,4-7,13H2,(H,16,17). The van der Waals surface area contributed by atoms with Gasteiger partial charge >= 0.3 is 5.97 Å². The van der Waals surface area contributed by atoms with Crippen molar-refractivity contribution >= 4 is 17.6 Å². The van der Waals surface area contributed by atoms with Crippen molar-refractivity contribution in [3.05, 3.63) is 29.3 Å². The quantitative estimate of drug-likeness (QED) is 0.754. The SMILES string of the molecule is Nc1cccc(CN2CCOCC2=O)c1C(=O)O. The second-order valence-corrected chi connectivity index (χ2v) is 4.05. The van der Waals surface area contributed by atoms with E-state index in [9.17, 15) is 9.59 Å². The molecule has 1 aromatic carbocycles. The first kappa shape index (κ1) is 12.4. The van der Waals surface area contributed by atoms with Gasteiger partial charge in [-0.25, -0.2) is 4.79 Å². The second-order valence-electron chi connectivity index (χ2n) is 4.05. The van der Waals surface area contributed by atoms with Gasteiger partial charge in [-0.1, -0.05) is 12.1 Å². The first-order valence-corrected chi connectivity index (χ1v) is 5.56. The molecule has 0 aromatic heterocycles. The van der Waals surface area contributed by atoms with E-state index in [0.717, 1.165) is 0 Å². The third-order valence-electron chi connectivity index (χ3n) is 2.84. The summed E-state index contributed by atoms with van der Waals surface area (Å²) in [6.07, 6.45) is 0. The van der Waals surface area contributed by atoms with Crippen molar-refractivity contribution < 1.29 is 19.4 Å². The summed E-state index contributed by atoms with van der Waals surface area (Å²) in [5.41, 5.74) is 6.47. The summed E-state index contributed by atoms with van der Waals surface area (Å²) in [6.45, 7) is 1.22. The third kappa shape index (κ3) is 2.43. The molecular weight excluding hydrogens is 236 g/mol. The Kier molecular flexibility index (Phi) is 3.47. The fourth-order valence-corrected chi connectivity index (χ4v) is 1.94. The van der Waals surface area contributed by atoms with Crippen molar-refractivity contribution in [3.63, 3.8) is 0 Å². The van der Waals surface area contributed by atoms with Crippen LogP contribution in [-0.2, 0) is 16.1 Å². The average molecular weight is 250 g/mol. The molecule has 0 bridgehead atoms. The Bertz CT molecular complexity index is 487. The van der Waals surface area contributed by atoms with Crippen LogP contribution in [0.3, 0.4) is 0 Å². The molecule has 0 saturated carbocycles. The molecule has 2 rings (SSSR count). The van der Waals surface area contributed by atoms with Crippen molar-refractivity contribution in [3.8, 4) is 0 Å². The van der Waals surface area contributed by atoms with Gasteiger partial charge in [0.15, 0.2) is 0 Å². The lowest BCUT2D eigenvalue weighted by atomic mass is 10.0. The Balaban J connectivity index is 2.25. The summed E-state index contributed by atoms with van der Waals surface area (Å²) in [7, 11) is 0. The third-order valence-corrected chi connectivity index (χ3v) is 2.84. The van der Waals surface area contributed by atoms with Crippen molar-refractivity contribution in [2.75, 3.05) is 25.5 Å². The highest BCUT2D eigenvalue weighted by Crippen LogP contribution is 2.19. The molecule has 6 nitrogen and oxygen atoms in total. The van der Waals surface area contributed by atoms with Crippen LogP contribution in [0.25, 0.3) is 0 Å². The number of carboxylic acids is 1. The molecule has 1 aromatic rings. The number of aromatic carboxylic acids is 1. The minimum absolute atomic E-state index is 0.0463. The van der Waals surface area contributed by atoms with E-state index in [2.05, 4.69) is 0 Å². The van der Waals surface area contributed by atoms with Gasteiger partial charge in [-0.3, -0.25) is 4.79 Å². The molecule has 6 heteroatoms. The summed E-state index contributed by atoms with van der Waals surface area (Å²) >= 11 is 0. The number of carbonyl (C=O) groups excluding carboxylic acids is 1. The molecule has 3 N–H and O–H groups in total. The zero-order valence-corrected chi connectivity index (χ0v) is 9.76. The van der Waals surface area contributed by atoms with Gasteiger partial charge in [-0.05, 0) is 11.6 Å². The van der Waals surface area contributed by atoms with Crippen LogP contribution in [-0.4, -0.2) is 41.6 Å². The van der Waals surface area contributed by atoms with Gasteiger partial charge in [-0.15, -0.1) is 0 Å². The number of amides is 1. The highest BCUT2D eigenvalue weighted by atomic mass is 16.5. The fraction of sp³-hybridized carbons (Fsp3) is 0.333. The number of hydrogen-bond donors (Lipinski definition) is 2. The normalized spacial score (nSPS) is 15.8. The molecule has 18 heavy (non-hydrogen) atoms. The maximum Gasteiger partial charge on any atom is 0.338 e. The molecule has 1 fully saturated rings. The minimum Gasteiger partial charge on any atom is -0.478 e.